The summed E-state index contributed by atoms with van der Waals surface area (Å²) in [4.78, 5) is 6.15. The standard InChI is InChI=1S/C25H29N3O3S2/c29-33(30,27-15-5-2-6-16-27)23-13-11-20(12-14-23)24-19-32-25(26-21-8-3-1-4-9-21)28(24)18-22-10-7-17-31-22/h1,3-4,8-9,11-14,19,22H,2,5-7,10,15-18H2/t22-/m1/s1. The van der Waals surface area contributed by atoms with Gasteiger partial charge >= 0.3 is 0 Å². The zero-order valence-electron chi connectivity index (χ0n) is 18.6. The van der Waals surface area contributed by atoms with Gasteiger partial charge in [-0.15, -0.1) is 11.3 Å². The van der Waals surface area contributed by atoms with E-state index in [1.807, 2.05) is 42.5 Å². The molecule has 0 aliphatic carbocycles. The molecular weight excluding hydrogens is 454 g/mol. The molecule has 3 aromatic rings. The highest BCUT2D eigenvalue weighted by atomic mass is 32.2. The van der Waals surface area contributed by atoms with E-state index in [9.17, 15) is 8.42 Å². The van der Waals surface area contributed by atoms with Gasteiger partial charge in [0.05, 0.1) is 28.9 Å². The zero-order chi connectivity index (χ0) is 22.7. The molecule has 0 radical (unpaired) electrons. The van der Waals surface area contributed by atoms with Crippen molar-refractivity contribution in [2.24, 2.45) is 4.99 Å². The van der Waals surface area contributed by atoms with Crippen LogP contribution in [0.5, 0.6) is 0 Å². The highest BCUT2D eigenvalue weighted by Gasteiger charge is 2.26. The molecule has 1 aromatic heterocycles. The monoisotopic (exact) mass is 483 g/mol. The number of nitrogens with zero attached hydrogens (tertiary/aromatic N) is 3. The Bertz CT molecular complexity index is 1240. The Morgan fingerprint density at radius 2 is 1.73 bits per heavy atom. The molecule has 174 valence electrons. The number of benzene rings is 2. The molecule has 33 heavy (non-hydrogen) atoms. The van der Waals surface area contributed by atoms with Crippen LogP contribution in [0.25, 0.3) is 11.3 Å². The lowest BCUT2D eigenvalue weighted by atomic mass is 10.1. The van der Waals surface area contributed by atoms with Crippen LogP contribution in [-0.2, 0) is 21.3 Å². The number of hydrogen-bond acceptors (Lipinski definition) is 5. The summed E-state index contributed by atoms with van der Waals surface area (Å²) in [5.41, 5.74) is 2.93. The summed E-state index contributed by atoms with van der Waals surface area (Å²) in [6.45, 7) is 2.76. The summed E-state index contributed by atoms with van der Waals surface area (Å²) in [5.74, 6) is 0. The van der Waals surface area contributed by atoms with Crippen LogP contribution in [0.1, 0.15) is 32.1 Å². The molecule has 0 unspecified atom stereocenters. The van der Waals surface area contributed by atoms with Gasteiger partial charge in [0, 0.05) is 25.1 Å². The lowest BCUT2D eigenvalue weighted by molar-refractivity contribution is 0.0968. The van der Waals surface area contributed by atoms with Crippen molar-refractivity contribution in [2.75, 3.05) is 19.7 Å². The molecule has 2 aliphatic rings. The number of sulfonamides is 1. The van der Waals surface area contributed by atoms with Crippen molar-refractivity contribution in [1.82, 2.24) is 8.87 Å². The minimum atomic E-state index is -3.43. The quantitative estimate of drug-likeness (QED) is 0.506. The fourth-order valence-corrected chi connectivity index (χ4v) is 6.94. The lowest BCUT2D eigenvalue weighted by Gasteiger charge is -2.25. The molecule has 1 atom stereocenters. The average Bonchev–Trinajstić information content (AvgIpc) is 3.51. The van der Waals surface area contributed by atoms with Gasteiger partial charge < -0.3 is 9.30 Å². The first-order valence-electron chi connectivity index (χ1n) is 11.6. The molecule has 5 rings (SSSR count). The number of piperidine rings is 1. The van der Waals surface area contributed by atoms with Gasteiger partial charge in [-0.1, -0.05) is 36.8 Å². The highest BCUT2D eigenvalue weighted by molar-refractivity contribution is 7.89. The molecule has 0 spiro atoms. The van der Waals surface area contributed by atoms with Crippen LogP contribution in [0.2, 0.25) is 0 Å². The van der Waals surface area contributed by atoms with E-state index in [0.29, 0.717) is 18.0 Å². The second kappa shape index (κ2) is 9.93. The SMILES string of the molecule is O=S(=O)(c1ccc(-c2csc(=Nc3ccccc3)n2C[C@H]2CCCO2)cc1)N1CCCCC1. The van der Waals surface area contributed by atoms with E-state index in [0.717, 1.165) is 67.0 Å². The first-order valence-corrected chi connectivity index (χ1v) is 13.9. The maximum absolute atomic E-state index is 13.0. The fraction of sp³-hybridized carbons (Fsp3) is 0.400. The van der Waals surface area contributed by atoms with Crippen LogP contribution in [0, 0.1) is 0 Å². The van der Waals surface area contributed by atoms with Gasteiger partial charge in [0.1, 0.15) is 0 Å². The van der Waals surface area contributed by atoms with Gasteiger partial charge in [0.2, 0.25) is 10.0 Å². The van der Waals surface area contributed by atoms with Gasteiger partial charge in [0.15, 0.2) is 4.80 Å². The van der Waals surface area contributed by atoms with Crippen LogP contribution in [0.15, 0.2) is 69.9 Å². The van der Waals surface area contributed by atoms with E-state index < -0.39 is 10.0 Å². The molecule has 3 heterocycles. The second-order valence-electron chi connectivity index (χ2n) is 8.59. The normalized spacial score (nSPS) is 20.4. The molecule has 0 bridgehead atoms. The maximum Gasteiger partial charge on any atom is 0.243 e. The predicted molar refractivity (Wildman–Crippen MR) is 131 cm³/mol. The number of hydrogen-bond donors (Lipinski definition) is 0. The summed E-state index contributed by atoms with van der Waals surface area (Å²) in [7, 11) is -3.43. The predicted octanol–water partition coefficient (Wildman–Crippen LogP) is 4.80. The summed E-state index contributed by atoms with van der Waals surface area (Å²) in [6, 6.07) is 17.3. The van der Waals surface area contributed by atoms with Gasteiger partial charge in [-0.2, -0.15) is 4.31 Å². The average molecular weight is 484 g/mol. The third-order valence-corrected chi connectivity index (χ3v) is 9.07. The first-order chi connectivity index (χ1) is 16.1. The van der Waals surface area contributed by atoms with E-state index in [1.54, 1.807) is 27.8 Å². The van der Waals surface area contributed by atoms with Gasteiger partial charge in [-0.3, -0.25) is 0 Å². The van der Waals surface area contributed by atoms with Gasteiger partial charge in [-0.05, 0) is 55.5 Å². The van der Waals surface area contributed by atoms with Crippen molar-refractivity contribution < 1.29 is 13.2 Å². The van der Waals surface area contributed by atoms with Crippen LogP contribution in [0.3, 0.4) is 0 Å². The number of thiazole rings is 1. The van der Waals surface area contributed by atoms with Crippen molar-refractivity contribution >= 4 is 27.0 Å². The van der Waals surface area contributed by atoms with Crippen molar-refractivity contribution in [3.05, 3.63) is 64.8 Å². The van der Waals surface area contributed by atoms with Crippen LogP contribution >= 0.6 is 11.3 Å². The van der Waals surface area contributed by atoms with Crippen molar-refractivity contribution in [3.8, 4) is 11.3 Å². The van der Waals surface area contributed by atoms with Gasteiger partial charge in [-0.25, -0.2) is 13.4 Å². The molecule has 2 saturated heterocycles. The van der Waals surface area contributed by atoms with Crippen molar-refractivity contribution in [3.63, 3.8) is 0 Å². The topological polar surface area (TPSA) is 63.9 Å². The smallest absolute Gasteiger partial charge is 0.243 e. The zero-order valence-corrected chi connectivity index (χ0v) is 20.2. The van der Waals surface area contributed by atoms with Gasteiger partial charge in [0.25, 0.3) is 0 Å². The molecular formula is C25H29N3O3S2. The first kappa shape index (κ1) is 22.5. The summed E-state index contributed by atoms with van der Waals surface area (Å²) < 4.78 is 35.8. The maximum atomic E-state index is 13.0. The molecule has 8 heteroatoms. The molecule has 2 fully saturated rings. The molecule has 0 amide bonds. The molecule has 2 aromatic carbocycles. The number of ether oxygens (including phenoxy) is 1. The Balaban J connectivity index is 1.49. The van der Waals surface area contributed by atoms with Crippen molar-refractivity contribution in [1.29, 1.82) is 0 Å². The van der Waals surface area contributed by atoms with Crippen LogP contribution in [0.4, 0.5) is 5.69 Å². The Morgan fingerprint density at radius 1 is 0.970 bits per heavy atom. The Labute approximate surface area is 199 Å². The van der Waals surface area contributed by atoms with E-state index in [-0.39, 0.29) is 6.10 Å². The van der Waals surface area contributed by atoms with Crippen LogP contribution in [-0.4, -0.2) is 43.1 Å². The molecule has 6 nitrogen and oxygen atoms in total. The fourth-order valence-electron chi connectivity index (χ4n) is 4.48. The summed E-state index contributed by atoms with van der Waals surface area (Å²) in [6.07, 6.45) is 5.27. The summed E-state index contributed by atoms with van der Waals surface area (Å²) >= 11 is 1.60. The minimum absolute atomic E-state index is 0.173. The third kappa shape index (κ3) is 4.99. The molecule has 2 aliphatic heterocycles. The Morgan fingerprint density at radius 3 is 2.42 bits per heavy atom. The summed E-state index contributed by atoms with van der Waals surface area (Å²) in [5, 5.41) is 2.10. The molecule has 0 N–H and O–H groups in total. The number of aromatic nitrogens is 1. The number of para-hydroxylation sites is 1. The van der Waals surface area contributed by atoms with E-state index in [4.69, 9.17) is 9.73 Å². The third-order valence-electron chi connectivity index (χ3n) is 6.29. The second-order valence-corrected chi connectivity index (χ2v) is 11.4. The van der Waals surface area contributed by atoms with Crippen molar-refractivity contribution in [2.45, 2.75) is 49.6 Å². The Kier molecular flexibility index (Phi) is 6.78. The van der Waals surface area contributed by atoms with E-state index in [2.05, 4.69) is 9.95 Å². The Hall–Kier alpha value is -2.26. The molecule has 0 saturated carbocycles. The van der Waals surface area contributed by atoms with E-state index >= 15 is 0 Å². The largest absolute Gasteiger partial charge is 0.376 e. The van der Waals surface area contributed by atoms with Crippen LogP contribution < -0.4 is 4.80 Å². The highest BCUT2D eigenvalue weighted by Crippen LogP contribution is 2.27. The number of rotatable bonds is 6. The minimum Gasteiger partial charge on any atom is -0.376 e. The van der Waals surface area contributed by atoms with E-state index in [1.165, 1.54) is 0 Å². The lowest BCUT2D eigenvalue weighted by Crippen LogP contribution is -2.35.